The third-order valence-electron chi connectivity index (χ3n) is 5.71. The average Bonchev–Trinajstić information content (AvgIpc) is 3.45. The van der Waals surface area contributed by atoms with E-state index in [4.69, 9.17) is 17.7 Å². The maximum absolute atomic E-state index is 6.06. The van der Waals surface area contributed by atoms with E-state index in [-0.39, 0.29) is 11.3 Å². The Kier molecular flexibility index (Phi) is 5.03. The van der Waals surface area contributed by atoms with E-state index < -0.39 is 0 Å². The lowest BCUT2D eigenvalue weighted by Crippen LogP contribution is -2.23. The molecule has 0 spiro atoms. The van der Waals surface area contributed by atoms with Crippen molar-refractivity contribution in [2.75, 3.05) is 0 Å². The molecule has 29 heavy (non-hydrogen) atoms. The highest BCUT2D eigenvalue weighted by Crippen LogP contribution is 2.42. The predicted molar refractivity (Wildman–Crippen MR) is 111 cm³/mol. The molecule has 0 fully saturated rings. The van der Waals surface area contributed by atoms with Crippen LogP contribution >= 0.6 is 0 Å². The molecule has 4 heterocycles. The molecule has 0 amide bonds. The zero-order valence-electron chi connectivity index (χ0n) is 17.7. The third-order valence-corrected chi connectivity index (χ3v) is 5.71. The minimum absolute atomic E-state index is 0.0313. The quantitative estimate of drug-likeness (QED) is 0.333. The second-order valence-electron chi connectivity index (χ2n) is 8.14. The molecule has 0 radical (unpaired) electrons. The number of rotatable bonds is 7. The third kappa shape index (κ3) is 3.84. The summed E-state index contributed by atoms with van der Waals surface area (Å²) in [6, 6.07) is 16.2. The van der Waals surface area contributed by atoms with Crippen molar-refractivity contribution in [1.82, 2.24) is 0 Å². The van der Waals surface area contributed by atoms with Gasteiger partial charge >= 0.3 is 0 Å². The normalized spacial score (nSPS) is 12.2. The summed E-state index contributed by atoms with van der Waals surface area (Å²) in [5.74, 6) is 7.30. The lowest BCUT2D eigenvalue weighted by atomic mass is 9.78. The zero-order chi connectivity index (χ0) is 20.6. The molecule has 0 atom stereocenters. The van der Waals surface area contributed by atoms with Crippen molar-refractivity contribution in [1.29, 1.82) is 0 Å². The Bertz CT molecular complexity index is 1010. The molecule has 0 unspecified atom stereocenters. The van der Waals surface area contributed by atoms with Gasteiger partial charge in [0.2, 0.25) is 0 Å². The number of aryl methyl sites for hydroxylation is 4. The molecule has 0 N–H and O–H groups in total. The first kappa shape index (κ1) is 19.4. The van der Waals surface area contributed by atoms with Gasteiger partial charge in [-0.2, -0.15) is 0 Å². The first-order valence-electron chi connectivity index (χ1n) is 10.1. The molecule has 0 saturated carbocycles. The largest absolute Gasteiger partial charge is 0.466 e. The second kappa shape index (κ2) is 7.51. The predicted octanol–water partition coefficient (Wildman–Crippen LogP) is 7.21. The Morgan fingerprint density at radius 2 is 1.03 bits per heavy atom. The van der Waals surface area contributed by atoms with Gasteiger partial charge in [0, 0.05) is 0 Å². The van der Waals surface area contributed by atoms with Crippen molar-refractivity contribution in [3.8, 4) is 0 Å². The van der Waals surface area contributed by atoms with E-state index in [9.17, 15) is 0 Å². The van der Waals surface area contributed by atoms with E-state index >= 15 is 0 Å². The monoisotopic (exact) mass is 392 g/mol. The maximum Gasteiger partial charge on any atom is 0.117 e. The van der Waals surface area contributed by atoms with Gasteiger partial charge in [-0.15, -0.1) is 0 Å². The summed E-state index contributed by atoms with van der Waals surface area (Å²) in [7, 11) is 0. The van der Waals surface area contributed by atoms with Crippen LogP contribution in [-0.4, -0.2) is 0 Å². The molecule has 0 aliphatic heterocycles. The Morgan fingerprint density at radius 3 is 1.38 bits per heavy atom. The highest BCUT2D eigenvalue weighted by atomic mass is 16.4. The molecule has 4 nitrogen and oxygen atoms in total. The van der Waals surface area contributed by atoms with Crippen LogP contribution in [-0.2, 0) is 5.41 Å². The molecule has 0 aromatic carbocycles. The maximum atomic E-state index is 6.06. The van der Waals surface area contributed by atoms with Gasteiger partial charge in [0.25, 0.3) is 0 Å². The van der Waals surface area contributed by atoms with Gasteiger partial charge < -0.3 is 17.7 Å². The van der Waals surface area contributed by atoms with Crippen molar-refractivity contribution in [2.45, 2.75) is 58.8 Å². The van der Waals surface area contributed by atoms with Gasteiger partial charge in [0.05, 0.1) is 11.3 Å². The van der Waals surface area contributed by atoms with Gasteiger partial charge in [-0.1, -0.05) is 0 Å². The van der Waals surface area contributed by atoms with Gasteiger partial charge in [-0.25, -0.2) is 0 Å². The summed E-state index contributed by atoms with van der Waals surface area (Å²) in [5.41, 5.74) is -0.385. The molecule has 152 valence electrons. The Labute approximate surface area is 171 Å². The Morgan fingerprint density at radius 1 is 0.621 bits per heavy atom. The van der Waals surface area contributed by atoms with Crippen LogP contribution in [0.15, 0.2) is 66.2 Å². The highest BCUT2D eigenvalue weighted by molar-refractivity contribution is 5.30. The lowest BCUT2D eigenvalue weighted by Gasteiger charge is -2.27. The van der Waals surface area contributed by atoms with Crippen LogP contribution in [0, 0.1) is 27.7 Å². The molecule has 0 saturated heterocycles. The lowest BCUT2D eigenvalue weighted by molar-refractivity contribution is 0.297. The van der Waals surface area contributed by atoms with Crippen LogP contribution in [0.25, 0.3) is 0 Å². The molecule has 4 rings (SSSR count). The molecule has 0 bridgehead atoms. The van der Waals surface area contributed by atoms with Crippen molar-refractivity contribution >= 4 is 0 Å². The Hall–Kier alpha value is -2.88. The van der Waals surface area contributed by atoms with Gasteiger partial charge in [-0.3, -0.25) is 0 Å². The summed E-state index contributed by atoms with van der Waals surface area (Å²) in [5, 5.41) is 0. The van der Waals surface area contributed by atoms with Crippen molar-refractivity contribution in [2.24, 2.45) is 0 Å². The minimum Gasteiger partial charge on any atom is -0.466 e. The second-order valence-corrected chi connectivity index (χ2v) is 8.14. The zero-order valence-corrected chi connectivity index (χ0v) is 17.7. The van der Waals surface area contributed by atoms with Gasteiger partial charge in [0.15, 0.2) is 0 Å². The summed E-state index contributed by atoms with van der Waals surface area (Å²) < 4.78 is 24.1. The fraction of sp³-hybridized carbons (Fsp3) is 0.360. The first-order valence-corrected chi connectivity index (χ1v) is 10.1. The van der Waals surface area contributed by atoms with Crippen LogP contribution in [0.5, 0.6) is 0 Å². The first-order chi connectivity index (χ1) is 13.8. The van der Waals surface area contributed by atoms with E-state index in [1.54, 1.807) is 0 Å². The van der Waals surface area contributed by atoms with E-state index in [2.05, 4.69) is 19.1 Å². The molecular formula is C25H28O4. The molecule has 4 aromatic heterocycles. The molecular weight excluding hydrogens is 364 g/mol. The molecule has 0 aliphatic rings. The van der Waals surface area contributed by atoms with Crippen molar-refractivity contribution < 1.29 is 17.7 Å². The summed E-state index contributed by atoms with van der Waals surface area (Å²) >= 11 is 0. The van der Waals surface area contributed by atoms with E-state index in [0.717, 1.165) is 58.9 Å². The number of hydrogen-bond acceptors (Lipinski definition) is 4. The smallest absolute Gasteiger partial charge is 0.117 e. The van der Waals surface area contributed by atoms with E-state index in [1.807, 2.05) is 64.1 Å². The molecule has 4 heteroatoms. The Balaban J connectivity index is 1.69. The SMILES string of the molecule is Cc1ccc(C(CCC(C)(c2ccc(C)o2)c2ccc(C)o2)c2ccc(C)o2)o1. The average molecular weight is 392 g/mol. The van der Waals surface area contributed by atoms with Crippen LogP contribution < -0.4 is 0 Å². The van der Waals surface area contributed by atoms with Crippen molar-refractivity contribution in [3.63, 3.8) is 0 Å². The van der Waals surface area contributed by atoms with Crippen LogP contribution in [0.3, 0.4) is 0 Å². The number of hydrogen-bond donors (Lipinski definition) is 0. The summed E-state index contributed by atoms with van der Waals surface area (Å²) in [4.78, 5) is 0. The van der Waals surface area contributed by atoms with Crippen LogP contribution in [0.4, 0.5) is 0 Å². The summed E-state index contributed by atoms with van der Waals surface area (Å²) in [6.45, 7) is 10.1. The summed E-state index contributed by atoms with van der Waals surface area (Å²) in [6.07, 6.45) is 1.65. The van der Waals surface area contributed by atoms with E-state index in [0.29, 0.717) is 0 Å². The van der Waals surface area contributed by atoms with E-state index in [1.165, 1.54) is 0 Å². The fourth-order valence-electron chi connectivity index (χ4n) is 3.97. The van der Waals surface area contributed by atoms with Gasteiger partial charge in [-0.05, 0) is 96.0 Å². The molecule has 0 aliphatic carbocycles. The minimum atomic E-state index is -0.385. The van der Waals surface area contributed by atoms with Crippen molar-refractivity contribution in [3.05, 3.63) is 94.6 Å². The van der Waals surface area contributed by atoms with Gasteiger partial charge in [0.1, 0.15) is 46.1 Å². The standard InChI is InChI=1S/C25H28O4/c1-16-6-10-21(26-16)20(22-11-7-17(2)27-22)14-15-25(5,23-12-8-18(3)28-23)24-13-9-19(4)29-24/h6-13,20H,14-15H2,1-5H3. The number of furan rings is 4. The van der Waals surface area contributed by atoms with Crippen LogP contribution in [0.2, 0.25) is 0 Å². The molecule has 4 aromatic rings. The fourth-order valence-corrected chi connectivity index (χ4v) is 3.97. The topological polar surface area (TPSA) is 52.6 Å². The highest BCUT2D eigenvalue weighted by Gasteiger charge is 2.37. The van der Waals surface area contributed by atoms with Crippen LogP contribution in [0.1, 0.15) is 71.8 Å².